The maximum atomic E-state index is 5.72. The predicted octanol–water partition coefficient (Wildman–Crippen LogP) is 5.23. The average Bonchev–Trinajstić information content (AvgIpc) is 2.10. The normalized spacial score (nSPS) is 26.8. The van der Waals surface area contributed by atoms with Crippen LogP contribution >= 0.6 is 24.0 Å². The Kier molecular flexibility index (Phi) is 3.42. The van der Waals surface area contributed by atoms with Gasteiger partial charge in [0.25, 0.3) is 0 Å². The van der Waals surface area contributed by atoms with Gasteiger partial charge in [-0.2, -0.15) is 0 Å². The number of thiocarbonyl (C=S) groups is 1. The Morgan fingerprint density at radius 2 is 1.38 bits per heavy atom. The molecule has 0 nitrogen and oxygen atoms in total. The van der Waals surface area contributed by atoms with Crippen molar-refractivity contribution in [2.45, 2.75) is 60.1 Å². The van der Waals surface area contributed by atoms with E-state index in [2.05, 4.69) is 55.4 Å². The van der Waals surface area contributed by atoms with Gasteiger partial charge in [0.2, 0.25) is 0 Å². The molecule has 92 valence electrons. The van der Waals surface area contributed by atoms with Gasteiger partial charge in [-0.05, 0) is 32.6 Å². The van der Waals surface area contributed by atoms with Crippen LogP contribution in [0.4, 0.5) is 0 Å². The van der Waals surface area contributed by atoms with E-state index in [0.29, 0.717) is 0 Å². The highest BCUT2D eigenvalue weighted by molar-refractivity contribution is 8.06. The summed E-state index contributed by atoms with van der Waals surface area (Å²) in [4.78, 5) is 2.70. The Morgan fingerprint density at radius 1 is 0.938 bits per heavy atom. The molecule has 0 aliphatic carbocycles. The van der Waals surface area contributed by atoms with Crippen LogP contribution in [-0.4, -0.2) is 9.61 Å². The molecule has 0 saturated carbocycles. The molecule has 1 aliphatic heterocycles. The van der Waals surface area contributed by atoms with Gasteiger partial charge in [-0.3, -0.25) is 0 Å². The standard InChI is InChI=1S/C14H24S2/c1-9(2)10-12(3,4)13(5,6)11(15)14(7,8)16-10/h1-8H3. The van der Waals surface area contributed by atoms with Gasteiger partial charge in [0.05, 0.1) is 0 Å². The van der Waals surface area contributed by atoms with Crippen LogP contribution in [0.25, 0.3) is 0 Å². The maximum absolute atomic E-state index is 5.72. The van der Waals surface area contributed by atoms with Crippen LogP contribution in [0.2, 0.25) is 0 Å². The average molecular weight is 256 g/mol. The van der Waals surface area contributed by atoms with E-state index in [0.717, 1.165) is 0 Å². The SMILES string of the molecule is CC(C)=C1SC(C)(C)C(=S)C(C)(C)C1(C)C. The third-order valence-electron chi connectivity index (χ3n) is 4.06. The van der Waals surface area contributed by atoms with Crippen LogP contribution in [-0.2, 0) is 0 Å². The lowest BCUT2D eigenvalue weighted by Gasteiger charge is -2.54. The van der Waals surface area contributed by atoms with Gasteiger partial charge in [-0.25, -0.2) is 0 Å². The summed E-state index contributed by atoms with van der Waals surface area (Å²) >= 11 is 7.68. The van der Waals surface area contributed by atoms with Gasteiger partial charge >= 0.3 is 0 Å². The van der Waals surface area contributed by atoms with Crippen molar-refractivity contribution >= 4 is 28.8 Å². The number of allylic oxidation sites excluding steroid dienone is 2. The second kappa shape index (κ2) is 3.84. The minimum Gasteiger partial charge on any atom is -0.118 e. The van der Waals surface area contributed by atoms with Gasteiger partial charge in [0, 0.05) is 20.4 Å². The highest BCUT2D eigenvalue weighted by Gasteiger charge is 2.53. The molecule has 1 fully saturated rings. The van der Waals surface area contributed by atoms with Crippen molar-refractivity contribution in [3.63, 3.8) is 0 Å². The monoisotopic (exact) mass is 256 g/mol. The molecule has 0 bridgehead atoms. The van der Waals surface area contributed by atoms with Crippen LogP contribution in [0.3, 0.4) is 0 Å². The van der Waals surface area contributed by atoms with Crippen molar-refractivity contribution in [1.82, 2.24) is 0 Å². The Balaban J connectivity index is 3.43. The van der Waals surface area contributed by atoms with Crippen LogP contribution in [0.1, 0.15) is 55.4 Å². The van der Waals surface area contributed by atoms with E-state index in [-0.39, 0.29) is 15.6 Å². The molecule has 0 aromatic carbocycles. The second-order valence-corrected chi connectivity index (χ2v) is 8.56. The first kappa shape index (κ1) is 14.2. The molecule has 0 radical (unpaired) electrons. The molecular weight excluding hydrogens is 232 g/mol. The summed E-state index contributed by atoms with van der Waals surface area (Å²) in [5, 5.41) is 0. The summed E-state index contributed by atoms with van der Waals surface area (Å²) in [7, 11) is 0. The minimum atomic E-state index is 0.0704. The molecule has 2 heteroatoms. The Hall–Kier alpha value is 0.180. The minimum absolute atomic E-state index is 0.0704. The first-order valence-electron chi connectivity index (χ1n) is 5.86. The van der Waals surface area contributed by atoms with Crippen LogP contribution < -0.4 is 0 Å². The molecule has 1 heterocycles. The summed E-state index contributed by atoms with van der Waals surface area (Å²) < 4.78 is 0.0704. The van der Waals surface area contributed by atoms with Crippen molar-refractivity contribution in [1.29, 1.82) is 0 Å². The second-order valence-electron chi connectivity index (χ2n) is 6.52. The number of thioether (sulfide) groups is 1. The quantitative estimate of drug-likeness (QED) is 0.544. The molecule has 0 amide bonds. The molecule has 1 rings (SSSR count). The molecule has 0 unspecified atom stereocenters. The first-order chi connectivity index (χ1) is 6.94. The van der Waals surface area contributed by atoms with E-state index in [1.165, 1.54) is 15.3 Å². The zero-order valence-electron chi connectivity index (χ0n) is 11.8. The molecule has 0 aromatic heterocycles. The molecule has 0 atom stereocenters. The highest BCUT2D eigenvalue weighted by Crippen LogP contribution is 2.60. The predicted molar refractivity (Wildman–Crippen MR) is 80.2 cm³/mol. The fraction of sp³-hybridized carbons (Fsp3) is 0.786. The molecular formula is C14H24S2. The van der Waals surface area contributed by atoms with Crippen LogP contribution in [0, 0.1) is 10.8 Å². The Labute approximate surface area is 110 Å². The van der Waals surface area contributed by atoms with Gasteiger partial charge in [-0.15, -0.1) is 11.8 Å². The number of rotatable bonds is 0. The third-order valence-corrected chi connectivity index (χ3v) is 7.04. The van der Waals surface area contributed by atoms with Gasteiger partial charge in [0.15, 0.2) is 0 Å². The largest absolute Gasteiger partial charge is 0.118 e. The summed E-state index contributed by atoms with van der Waals surface area (Å²) in [5.74, 6) is 0. The summed E-state index contributed by atoms with van der Waals surface area (Å²) in [6.45, 7) is 18.2. The molecule has 1 saturated heterocycles. The fourth-order valence-corrected chi connectivity index (χ4v) is 4.43. The van der Waals surface area contributed by atoms with Gasteiger partial charge in [0.1, 0.15) is 0 Å². The third kappa shape index (κ3) is 1.88. The molecule has 16 heavy (non-hydrogen) atoms. The topological polar surface area (TPSA) is 0 Å². The van der Waals surface area contributed by atoms with Crippen molar-refractivity contribution in [3.8, 4) is 0 Å². The van der Waals surface area contributed by atoms with E-state index < -0.39 is 0 Å². The molecule has 0 spiro atoms. The summed E-state index contributed by atoms with van der Waals surface area (Å²) in [6.07, 6.45) is 0. The van der Waals surface area contributed by atoms with Gasteiger partial charge in [-0.1, -0.05) is 45.5 Å². The van der Waals surface area contributed by atoms with Crippen molar-refractivity contribution in [2.24, 2.45) is 10.8 Å². The molecule has 0 aromatic rings. The zero-order chi connectivity index (χ0) is 12.9. The maximum Gasteiger partial charge on any atom is 0.0465 e. The Morgan fingerprint density at radius 3 is 1.75 bits per heavy atom. The van der Waals surface area contributed by atoms with E-state index in [4.69, 9.17) is 12.2 Å². The number of hydrogen-bond acceptors (Lipinski definition) is 2. The highest BCUT2D eigenvalue weighted by atomic mass is 32.2. The van der Waals surface area contributed by atoms with Crippen LogP contribution in [0.5, 0.6) is 0 Å². The van der Waals surface area contributed by atoms with Crippen molar-refractivity contribution in [2.75, 3.05) is 0 Å². The summed E-state index contributed by atoms with van der Waals surface area (Å²) in [5.41, 5.74) is 1.64. The molecule has 1 aliphatic rings. The lowest BCUT2D eigenvalue weighted by atomic mass is 9.62. The molecule has 0 N–H and O–H groups in total. The van der Waals surface area contributed by atoms with E-state index in [9.17, 15) is 0 Å². The van der Waals surface area contributed by atoms with Crippen molar-refractivity contribution in [3.05, 3.63) is 10.5 Å². The lowest BCUT2D eigenvalue weighted by molar-refractivity contribution is 0.244. The van der Waals surface area contributed by atoms with E-state index >= 15 is 0 Å². The van der Waals surface area contributed by atoms with Crippen molar-refractivity contribution < 1.29 is 0 Å². The van der Waals surface area contributed by atoms with E-state index in [1.54, 1.807) is 0 Å². The lowest BCUT2D eigenvalue weighted by Crippen LogP contribution is -2.52. The van der Waals surface area contributed by atoms with Gasteiger partial charge < -0.3 is 0 Å². The first-order valence-corrected chi connectivity index (χ1v) is 7.09. The zero-order valence-corrected chi connectivity index (χ0v) is 13.4. The fourth-order valence-electron chi connectivity index (χ4n) is 2.48. The van der Waals surface area contributed by atoms with E-state index in [1.807, 2.05) is 11.8 Å². The smallest absolute Gasteiger partial charge is 0.0465 e. The number of hydrogen-bond donors (Lipinski definition) is 0. The Bertz CT molecular complexity index is 353. The van der Waals surface area contributed by atoms with Crippen LogP contribution in [0.15, 0.2) is 10.5 Å². The summed E-state index contributed by atoms with van der Waals surface area (Å²) in [6, 6.07) is 0.